The van der Waals surface area contributed by atoms with Gasteiger partial charge in [0.05, 0.1) is 11.3 Å². The SMILES string of the molecule is Cc1ncc(C(=O)NC(C)C2CC2)c(N2CC[C@](C)(N)C2)c1-c1cc(F)cc(Cl)c1. The van der Waals surface area contributed by atoms with Crippen LogP contribution < -0.4 is 16.0 Å². The maximum absolute atomic E-state index is 14.2. The lowest BCUT2D eigenvalue weighted by Crippen LogP contribution is -2.40. The number of amides is 1. The highest BCUT2D eigenvalue weighted by atomic mass is 35.5. The molecule has 0 bridgehead atoms. The summed E-state index contributed by atoms with van der Waals surface area (Å²) in [5, 5.41) is 3.43. The van der Waals surface area contributed by atoms with E-state index in [0.29, 0.717) is 40.9 Å². The first kappa shape index (κ1) is 21.1. The van der Waals surface area contributed by atoms with Gasteiger partial charge < -0.3 is 16.0 Å². The van der Waals surface area contributed by atoms with Gasteiger partial charge >= 0.3 is 0 Å². The lowest BCUT2D eigenvalue weighted by molar-refractivity contribution is 0.0936. The van der Waals surface area contributed by atoms with Gasteiger partial charge in [0.1, 0.15) is 5.82 Å². The summed E-state index contributed by atoms with van der Waals surface area (Å²) in [4.78, 5) is 19.9. The lowest BCUT2D eigenvalue weighted by Gasteiger charge is -2.28. The molecule has 2 heterocycles. The molecule has 2 atom stereocenters. The Kier molecular flexibility index (Phi) is 5.49. The summed E-state index contributed by atoms with van der Waals surface area (Å²) in [7, 11) is 0. The van der Waals surface area contributed by atoms with Gasteiger partial charge in [0.25, 0.3) is 5.91 Å². The number of carbonyl (C=O) groups is 1. The van der Waals surface area contributed by atoms with Crippen molar-refractivity contribution >= 4 is 23.2 Å². The molecule has 4 rings (SSSR count). The second kappa shape index (κ2) is 7.82. The van der Waals surface area contributed by atoms with Crippen molar-refractivity contribution in [2.24, 2.45) is 11.7 Å². The van der Waals surface area contributed by atoms with Crippen molar-refractivity contribution in [1.82, 2.24) is 10.3 Å². The van der Waals surface area contributed by atoms with E-state index in [1.54, 1.807) is 12.3 Å². The first-order valence-corrected chi connectivity index (χ1v) is 10.8. The Hall–Kier alpha value is -2.18. The van der Waals surface area contributed by atoms with Crippen molar-refractivity contribution in [3.63, 3.8) is 0 Å². The molecule has 1 aliphatic carbocycles. The van der Waals surface area contributed by atoms with Crippen LogP contribution in [-0.2, 0) is 0 Å². The molecule has 2 aromatic rings. The fourth-order valence-electron chi connectivity index (χ4n) is 4.31. The zero-order chi connectivity index (χ0) is 21.6. The second-order valence-electron chi connectivity index (χ2n) is 9.06. The van der Waals surface area contributed by atoms with Crippen molar-refractivity contribution in [2.45, 2.75) is 51.6 Å². The van der Waals surface area contributed by atoms with Crippen molar-refractivity contribution < 1.29 is 9.18 Å². The quantitative estimate of drug-likeness (QED) is 0.741. The van der Waals surface area contributed by atoms with Gasteiger partial charge in [-0.05, 0) is 69.7 Å². The Morgan fingerprint density at radius 2 is 2.13 bits per heavy atom. The molecule has 1 aliphatic heterocycles. The summed E-state index contributed by atoms with van der Waals surface area (Å²) in [6.45, 7) is 7.23. The number of carbonyl (C=O) groups excluding carboxylic acids is 1. The number of aromatic nitrogens is 1. The standard InChI is InChI=1S/C23H28ClFN4O/c1-13(15-4-5-15)28-22(30)19-11-27-14(2)20(16-8-17(24)10-18(25)9-16)21(19)29-7-6-23(3,26)12-29/h8-11,13,15H,4-7,12,26H2,1-3H3,(H,28,30)/t13?,23-/m0/s1. The number of anilines is 1. The van der Waals surface area contributed by atoms with Crippen LogP contribution in [0.25, 0.3) is 11.1 Å². The van der Waals surface area contributed by atoms with Crippen molar-refractivity contribution in [1.29, 1.82) is 0 Å². The number of nitrogens with two attached hydrogens (primary N) is 1. The third-order valence-electron chi connectivity index (χ3n) is 6.15. The summed E-state index contributed by atoms with van der Waals surface area (Å²) in [5.74, 6) is -0.0483. The summed E-state index contributed by atoms with van der Waals surface area (Å²) in [6, 6.07) is 4.53. The third kappa shape index (κ3) is 4.30. The van der Waals surface area contributed by atoms with E-state index in [9.17, 15) is 9.18 Å². The Labute approximate surface area is 181 Å². The molecule has 2 aliphatic rings. The molecule has 2 fully saturated rings. The average Bonchev–Trinajstić information content (AvgIpc) is 3.43. The summed E-state index contributed by atoms with van der Waals surface area (Å²) in [6.07, 6.45) is 4.71. The first-order chi connectivity index (χ1) is 14.1. The van der Waals surface area contributed by atoms with E-state index in [4.69, 9.17) is 17.3 Å². The molecule has 1 aromatic carbocycles. The molecule has 7 heteroatoms. The number of aryl methyl sites for hydroxylation is 1. The number of halogens is 2. The zero-order valence-electron chi connectivity index (χ0n) is 17.6. The Morgan fingerprint density at radius 1 is 1.40 bits per heavy atom. The first-order valence-electron chi connectivity index (χ1n) is 10.5. The van der Waals surface area contributed by atoms with Crippen molar-refractivity contribution in [2.75, 3.05) is 18.0 Å². The highest BCUT2D eigenvalue weighted by Gasteiger charge is 2.35. The van der Waals surface area contributed by atoms with E-state index in [1.807, 2.05) is 20.8 Å². The highest BCUT2D eigenvalue weighted by molar-refractivity contribution is 6.31. The van der Waals surface area contributed by atoms with Crippen LogP contribution in [0.4, 0.5) is 10.1 Å². The van der Waals surface area contributed by atoms with Crippen molar-refractivity contribution in [3.05, 3.63) is 46.5 Å². The minimum absolute atomic E-state index is 0.108. The molecule has 1 unspecified atom stereocenters. The molecule has 160 valence electrons. The van der Waals surface area contributed by atoms with Gasteiger partial charge in [-0.3, -0.25) is 9.78 Å². The largest absolute Gasteiger partial charge is 0.368 e. The van der Waals surface area contributed by atoms with Gasteiger partial charge in [0.15, 0.2) is 0 Å². The monoisotopic (exact) mass is 430 g/mol. The van der Waals surface area contributed by atoms with Gasteiger partial charge in [-0.1, -0.05) is 11.6 Å². The van der Waals surface area contributed by atoms with Crippen LogP contribution in [0.3, 0.4) is 0 Å². The van der Waals surface area contributed by atoms with E-state index in [1.165, 1.54) is 12.1 Å². The minimum atomic E-state index is -0.426. The fraction of sp³-hybridized carbons (Fsp3) is 0.478. The molecule has 30 heavy (non-hydrogen) atoms. The van der Waals surface area contributed by atoms with E-state index < -0.39 is 5.82 Å². The highest BCUT2D eigenvalue weighted by Crippen LogP contribution is 2.40. The van der Waals surface area contributed by atoms with Crippen LogP contribution in [0.5, 0.6) is 0 Å². The van der Waals surface area contributed by atoms with Crippen LogP contribution in [0.1, 0.15) is 49.2 Å². The molecule has 1 amide bonds. The van der Waals surface area contributed by atoms with Crippen LogP contribution in [-0.4, -0.2) is 35.6 Å². The maximum atomic E-state index is 14.2. The van der Waals surface area contributed by atoms with Crippen LogP contribution >= 0.6 is 11.6 Å². The third-order valence-corrected chi connectivity index (χ3v) is 6.36. The average molecular weight is 431 g/mol. The molecular formula is C23H28ClFN4O. The Bertz CT molecular complexity index is 969. The number of hydrogen-bond acceptors (Lipinski definition) is 4. The van der Waals surface area contributed by atoms with E-state index in [2.05, 4.69) is 15.2 Å². The zero-order valence-corrected chi connectivity index (χ0v) is 18.4. The van der Waals surface area contributed by atoms with Crippen LogP contribution in [0, 0.1) is 18.7 Å². The number of hydrogen-bond donors (Lipinski definition) is 2. The molecule has 5 nitrogen and oxygen atoms in total. The van der Waals surface area contributed by atoms with Gasteiger partial charge in [-0.25, -0.2) is 4.39 Å². The smallest absolute Gasteiger partial charge is 0.255 e. The molecule has 1 saturated heterocycles. The molecule has 1 aromatic heterocycles. The lowest BCUT2D eigenvalue weighted by atomic mass is 9.97. The van der Waals surface area contributed by atoms with Gasteiger partial charge in [-0.2, -0.15) is 0 Å². The van der Waals surface area contributed by atoms with Gasteiger partial charge in [-0.15, -0.1) is 0 Å². The number of nitrogens with one attached hydrogen (secondary N) is 1. The van der Waals surface area contributed by atoms with Crippen LogP contribution in [0.15, 0.2) is 24.4 Å². The normalized spacial score (nSPS) is 22.3. The fourth-order valence-corrected chi connectivity index (χ4v) is 4.53. The van der Waals surface area contributed by atoms with Gasteiger partial charge in [0.2, 0.25) is 0 Å². The Morgan fingerprint density at radius 3 is 2.73 bits per heavy atom. The van der Waals surface area contributed by atoms with Gasteiger partial charge in [0, 0.05) is 47.1 Å². The molecule has 3 N–H and O–H groups in total. The number of pyridine rings is 1. The molecular weight excluding hydrogens is 403 g/mol. The molecule has 1 saturated carbocycles. The van der Waals surface area contributed by atoms with Crippen molar-refractivity contribution in [3.8, 4) is 11.1 Å². The number of benzene rings is 1. The summed E-state index contributed by atoms with van der Waals surface area (Å²) in [5.41, 5.74) is 9.32. The van der Waals surface area contributed by atoms with E-state index in [0.717, 1.165) is 30.5 Å². The predicted octanol–water partition coefficient (Wildman–Crippen LogP) is 4.31. The minimum Gasteiger partial charge on any atom is -0.368 e. The Balaban J connectivity index is 1.84. The number of rotatable bonds is 5. The summed E-state index contributed by atoms with van der Waals surface area (Å²) >= 11 is 6.15. The number of nitrogens with zero attached hydrogens (tertiary/aromatic N) is 2. The summed E-state index contributed by atoms with van der Waals surface area (Å²) < 4.78 is 14.2. The van der Waals surface area contributed by atoms with Crippen LogP contribution in [0.2, 0.25) is 5.02 Å². The van der Waals surface area contributed by atoms with E-state index in [-0.39, 0.29) is 17.5 Å². The second-order valence-corrected chi connectivity index (χ2v) is 9.50. The maximum Gasteiger partial charge on any atom is 0.255 e. The predicted molar refractivity (Wildman–Crippen MR) is 118 cm³/mol. The topological polar surface area (TPSA) is 71.2 Å². The molecule has 0 spiro atoms. The molecule has 0 radical (unpaired) electrons. The van der Waals surface area contributed by atoms with E-state index >= 15 is 0 Å².